The number of hydrogen-bond donors (Lipinski definition) is 1. The highest BCUT2D eigenvalue weighted by atomic mass is 16.5. The van der Waals surface area contributed by atoms with Gasteiger partial charge >= 0.3 is 5.97 Å². The standard InChI is InChI=1S/C23H32O5/c1-13(24)28-12-20(27)18-7-6-17-16-5-4-14-10-15(25)8-9-22(14,2)21(16)19(26)11-23(17,18)3/h4,15-18,21,25H,5-12H2,1-3H3/t15-,16+,17+,18-,21-,22+,23+/m1/s1. The molecule has 4 aliphatic carbocycles. The third-order valence-electron chi connectivity index (χ3n) is 8.57. The Labute approximate surface area is 166 Å². The first-order valence-electron chi connectivity index (χ1n) is 10.7. The Morgan fingerprint density at radius 3 is 2.71 bits per heavy atom. The van der Waals surface area contributed by atoms with Crippen LogP contribution in [0.4, 0.5) is 0 Å². The number of carbonyl (C=O) groups excluding carboxylic acids is 3. The molecule has 28 heavy (non-hydrogen) atoms. The Hall–Kier alpha value is -1.49. The highest BCUT2D eigenvalue weighted by Gasteiger charge is 2.62. The molecule has 0 spiro atoms. The number of ether oxygens (including phenoxy) is 1. The van der Waals surface area contributed by atoms with Gasteiger partial charge in [0.25, 0.3) is 0 Å². The van der Waals surface area contributed by atoms with Crippen LogP contribution in [0.25, 0.3) is 0 Å². The molecular weight excluding hydrogens is 356 g/mol. The summed E-state index contributed by atoms with van der Waals surface area (Å²) in [6, 6.07) is 0. The number of fused-ring (bicyclic) bond motifs is 5. The van der Waals surface area contributed by atoms with Gasteiger partial charge in [0.05, 0.1) is 6.10 Å². The molecule has 0 bridgehead atoms. The van der Waals surface area contributed by atoms with Crippen LogP contribution in [0.3, 0.4) is 0 Å². The van der Waals surface area contributed by atoms with Crippen molar-refractivity contribution in [2.75, 3.05) is 6.61 Å². The van der Waals surface area contributed by atoms with E-state index >= 15 is 0 Å². The molecule has 0 saturated heterocycles. The number of allylic oxidation sites excluding steroid dienone is 1. The maximum Gasteiger partial charge on any atom is 0.303 e. The molecule has 0 heterocycles. The van der Waals surface area contributed by atoms with Crippen LogP contribution in [-0.4, -0.2) is 35.4 Å². The summed E-state index contributed by atoms with van der Waals surface area (Å²) >= 11 is 0. The van der Waals surface area contributed by atoms with Gasteiger partial charge in [0.2, 0.25) is 0 Å². The molecule has 0 radical (unpaired) electrons. The number of aliphatic hydroxyl groups excluding tert-OH is 1. The number of hydrogen-bond acceptors (Lipinski definition) is 5. The van der Waals surface area contributed by atoms with E-state index in [0.29, 0.717) is 24.5 Å². The molecule has 0 aromatic carbocycles. The van der Waals surface area contributed by atoms with Crippen molar-refractivity contribution in [1.82, 2.24) is 0 Å². The summed E-state index contributed by atoms with van der Waals surface area (Å²) in [6.45, 7) is 5.47. The Morgan fingerprint density at radius 2 is 2.00 bits per heavy atom. The number of esters is 1. The van der Waals surface area contributed by atoms with Crippen LogP contribution in [0.15, 0.2) is 11.6 Å². The summed E-state index contributed by atoms with van der Waals surface area (Å²) in [4.78, 5) is 37.3. The quantitative estimate of drug-likeness (QED) is 0.593. The molecule has 4 aliphatic rings. The fraction of sp³-hybridized carbons (Fsp3) is 0.783. The molecule has 3 saturated carbocycles. The smallest absolute Gasteiger partial charge is 0.303 e. The number of carbonyl (C=O) groups is 3. The van der Waals surface area contributed by atoms with E-state index in [4.69, 9.17) is 4.74 Å². The minimum atomic E-state index is -0.440. The zero-order valence-electron chi connectivity index (χ0n) is 17.2. The highest BCUT2D eigenvalue weighted by molar-refractivity contribution is 5.89. The van der Waals surface area contributed by atoms with Crippen LogP contribution in [0.2, 0.25) is 0 Å². The summed E-state index contributed by atoms with van der Waals surface area (Å²) in [5.74, 6) is 0.259. The average molecular weight is 389 g/mol. The van der Waals surface area contributed by atoms with E-state index in [1.165, 1.54) is 12.5 Å². The Kier molecular flexibility index (Phi) is 4.80. The molecule has 4 rings (SSSR count). The van der Waals surface area contributed by atoms with Gasteiger partial charge in [-0.05, 0) is 61.2 Å². The van der Waals surface area contributed by atoms with E-state index in [9.17, 15) is 19.5 Å². The van der Waals surface area contributed by atoms with Gasteiger partial charge in [-0.1, -0.05) is 25.5 Å². The first kappa shape index (κ1) is 19.8. The largest absolute Gasteiger partial charge is 0.458 e. The van der Waals surface area contributed by atoms with Crippen LogP contribution in [0.5, 0.6) is 0 Å². The SMILES string of the molecule is CC(=O)OCC(=O)[C@H]1CC[C@H]2[C@@H]3CC=C4C[C@H](O)CC[C@]4(C)[C@H]3C(=O)C[C@]12C. The Balaban J connectivity index is 1.61. The van der Waals surface area contributed by atoms with Crippen molar-refractivity contribution in [2.45, 2.75) is 71.8 Å². The minimum absolute atomic E-state index is 0.0143. The molecule has 5 heteroatoms. The van der Waals surface area contributed by atoms with Gasteiger partial charge < -0.3 is 9.84 Å². The van der Waals surface area contributed by atoms with E-state index < -0.39 is 5.97 Å². The van der Waals surface area contributed by atoms with Gasteiger partial charge in [-0.2, -0.15) is 0 Å². The normalized spacial score (nSPS) is 44.8. The maximum atomic E-state index is 13.5. The van der Waals surface area contributed by atoms with Crippen molar-refractivity contribution in [3.8, 4) is 0 Å². The van der Waals surface area contributed by atoms with Crippen molar-refractivity contribution in [3.05, 3.63) is 11.6 Å². The minimum Gasteiger partial charge on any atom is -0.458 e. The van der Waals surface area contributed by atoms with E-state index in [2.05, 4.69) is 19.9 Å². The van der Waals surface area contributed by atoms with Gasteiger partial charge in [0.15, 0.2) is 5.78 Å². The van der Waals surface area contributed by atoms with Crippen LogP contribution >= 0.6 is 0 Å². The molecule has 0 unspecified atom stereocenters. The first-order valence-corrected chi connectivity index (χ1v) is 10.7. The predicted octanol–water partition coefficient (Wildman–Crippen LogP) is 3.24. The number of rotatable bonds is 3. The van der Waals surface area contributed by atoms with Gasteiger partial charge in [0, 0.05) is 25.2 Å². The Bertz CT molecular complexity index is 739. The van der Waals surface area contributed by atoms with Crippen molar-refractivity contribution in [3.63, 3.8) is 0 Å². The second kappa shape index (κ2) is 6.79. The second-order valence-electron chi connectivity index (χ2n) is 10.1. The van der Waals surface area contributed by atoms with Gasteiger partial charge in [-0.15, -0.1) is 0 Å². The van der Waals surface area contributed by atoms with Crippen LogP contribution in [0.1, 0.15) is 65.7 Å². The molecule has 154 valence electrons. The molecule has 3 fully saturated rings. The lowest BCUT2D eigenvalue weighted by Crippen LogP contribution is -2.55. The lowest BCUT2D eigenvalue weighted by molar-refractivity contribution is -0.152. The fourth-order valence-electron chi connectivity index (χ4n) is 7.27. The summed E-state index contributed by atoms with van der Waals surface area (Å²) in [7, 11) is 0. The summed E-state index contributed by atoms with van der Waals surface area (Å²) in [6.07, 6.45) is 7.39. The first-order chi connectivity index (χ1) is 13.2. The zero-order valence-corrected chi connectivity index (χ0v) is 17.2. The predicted molar refractivity (Wildman–Crippen MR) is 103 cm³/mol. The lowest BCUT2D eigenvalue weighted by Gasteiger charge is -2.56. The molecule has 0 aromatic rings. The van der Waals surface area contributed by atoms with Crippen LogP contribution in [0, 0.1) is 34.5 Å². The van der Waals surface area contributed by atoms with E-state index in [0.717, 1.165) is 32.1 Å². The summed E-state index contributed by atoms with van der Waals surface area (Å²) < 4.78 is 4.96. The molecule has 5 nitrogen and oxygen atoms in total. The van der Waals surface area contributed by atoms with Crippen LogP contribution in [-0.2, 0) is 19.1 Å². The number of ketones is 2. The van der Waals surface area contributed by atoms with Crippen molar-refractivity contribution < 1.29 is 24.2 Å². The summed E-state index contributed by atoms with van der Waals surface area (Å²) in [5.41, 5.74) is 0.802. The van der Waals surface area contributed by atoms with Crippen molar-refractivity contribution in [2.24, 2.45) is 34.5 Å². The molecule has 0 aromatic heterocycles. The fourth-order valence-corrected chi connectivity index (χ4v) is 7.27. The topological polar surface area (TPSA) is 80.7 Å². The number of Topliss-reactive ketones (excluding diaryl/α,β-unsaturated/α-hetero) is 2. The molecule has 1 N–H and O–H groups in total. The van der Waals surface area contributed by atoms with Gasteiger partial charge in [-0.25, -0.2) is 0 Å². The van der Waals surface area contributed by atoms with Crippen molar-refractivity contribution in [1.29, 1.82) is 0 Å². The molecule has 0 amide bonds. The number of aliphatic hydroxyl groups is 1. The lowest BCUT2D eigenvalue weighted by atomic mass is 9.47. The molecule has 7 atom stereocenters. The van der Waals surface area contributed by atoms with E-state index in [-0.39, 0.29) is 47.1 Å². The zero-order chi connectivity index (χ0) is 20.3. The average Bonchev–Trinajstić information content (AvgIpc) is 2.96. The molecular formula is C23H32O5. The van der Waals surface area contributed by atoms with Gasteiger partial charge in [-0.3, -0.25) is 14.4 Å². The third-order valence-corrected chi connectivity index (χ3v) is 8.57. The second-order valence-corrected chi connectivity index (χ2v) is 10.1. The summed E-state index contributed by atoms with van der Waals surface area (Å²) in [5, 5.41) is 10.1. The van der Waals surface area contributed by atoms with E-state index in [1.54, 1.807) is 0 Å². The highest BCUT2D eigenvalue weighted by Crippen LogP contribution is 2.65. The van der Waals surface area contributed by atoms with Gasteiger partial charge in [0.1, 0.15) is 12.4 Å². The third kappa shape index (κ3) is 2.89. The molecule has 0 aliphatic heterocycles. The monoisotopic (exact) mass is 388 g/mol. The maximum absolute atomic E-state index is 13.5. The van der Waals surface area contributed by atoms with Crippen LogP contribution < -0.4 is 0 Å². The van der Waals surface area contributed by atoms with Crippen molar-refractivity contribution >= 4 is 17.5 Å². The van der Waals surface area contributed by atoms with E-state index in [1.807, 2.05) is 0 Å². The Morgan fingerprint density at radius 1 is 1.25 bits per heavy atom.